The van der Waals surface area contributed by atoms with Crippen LogP contribution >= 0.6 is 0 Å². The molecule has 0 nitrogen and oxygen atoms in total. The van der Waals surface area contributed by atoms with E-state index in [0.29, 0.717) is 0 Å². The van der Waals surface area contributed by atoms with Crippen LogP contribution in [0.2, 0.25) is 0 Å². The molecule has 0 heterocycles. The summed E-state index contributed by atoms with van der Waals surface area (Å²) >= 11 is 0. The quantitative estimate of drug-likeness (QED) is 0.504. The molecule has 2 heteroatoms. The Labute approximate surface area is 53.2 Å². The summed E-state index contributed by atoms with van der Waals surface area (Å²) in [6.45, 7) is 1.75. The third-order valence-electron chi connectivity index (χ3n) is 0.670. The molecular weight excluding hydrogens is 122 g/mol. The van der Waals surface area contributed by atoms with Crippen LogP contribution in [0.5, 0.6) is 0 Å². The molecule has 0 saturated carbocycles. The number of allylic oxidation sites excluding steroid dienone is 5. The summed E-state index contributed by atoms with van der Waals surface area (Å²) in [7, 11) is 0. The van der Waals surface area contributed by atoms with Gasteiger partial charge in [-0.15, -0.1) is 0 Å². The van der Waals surface area contributed by atoms with Gasteiger partial charge >= 0.3 is 0 Å². The predicted octanol–water partition coefficient (Wildman–Crippen LogP) is 2.90. The Morgan fingerprint density at radius 2 is 2.11 bits per heavy atom. The molecule has 9 heavy (non-hydrogen) atoms. The molecule has 0 bridgehead atoms. The van der Waals surface area contributed by atoms with Crippen molar-refractivity contribution in [3.05, 3.63) is 36.5 Å². The Kier molecular flexibility index (Phi) is 4.69. The van der Waals surface area contributed by atoms with Gasteiger partial charge in [-0.05, 0) is 13.0 Å². The Hall–Kier alpha value is -0.920. The topological polar surface area (TPSA) is 0 Å². The van der Waals surface area contributed by atoms with Crippen LogP contribution in [-0.4, -0.2) is 0 Å². The molecule has 0 aliphatic carbocycles. The Balaban J connectivity index is 3.84. The monoisotopic (exact) mass is 130 g/mol. The Bertz CT molecular complexity index is 143. The molecule has 0 aromatic heterocycles. The number of rotatable bonds is 2. The van der Waals surface area contributed by atoms with Crippen molar-refractivity contribution in [1.29, 1.82) is 0 Å². The summed E-state index contributed by atoms with van der Waals surface area (Å²) in [4.78, 5) is 0. The van der Waals surface area contributed by atoms with E-state index in [9.17, 15) is 8.78 Å². The van der Waals surface area contributed by atoms with Crippen LogP contribution in [0.4, 0.5) is 8.78 Å². The van der Waals surface area contributed by atoms with E-state index in [1.54, 1.807) is 13.0 Å². The van der Waals surface area contributed by atoms with E-state index in [1.165, 1.54) is 12.2 Å². The highest BCUT2D eigenvalue weighted by atomic mass is 19.1. The molecule has 0 fully saturated rings. The summed E-state index contributed by atoms with van der Waals surface area (Å²) in [5.41, 5.74) is 0. The zero-order valence-electron chi connectivity index (χ0n) is 5.14. The van der Waals surface area contributed by atoms with Gasteiger partial charge in [-0.3, -0.25) is 0 Å². The molecule has 0 aliphatic rings. The average molecular weight is 130 g/mol. The second-order valence-corrected chi connectivity index (χ2v) is 1.37. The van der Waals surface area contributed by atoms with E-state index in [1.807, 2.05) is 0 Å². The average Bonchev–Trinajstić information content (AvgIpc) is 1.85. The fourth-order valence-corrected chi connectivity index (χ4v) is 0.304. The summed E-state index contributed by atoms with van der Waals surface area (Å²) in [5.74, 6) is -0.587. The molecule has 0 unspecified atom stereocenters. The minimum absolute atomic E-state index is 0.162. The van der Waals surface area contributed by atoms with Crippen LogP contribution in [0.15, 0.2) is 36.5 Å². The highest BCUT2D eigenvalue weighted by Crippen LogP contribution is 1.97. The van der Waals surface area contributed by atoms with Crippen molar-refractivity contribution >= 4 is 0 Å². The van der Waals surface area contributed by atoms with Gasteiger partial charge in [0.1, 0.15) is 5.83 Å². The van der Waals surface area contributed by atoms with Gasteiger partial charge in [-0.25, -0.2) is 8.78 Å². The highest BCUT2D eigenvalue weighted by molar-refractivity contribution is 5.15. The molecule has 0 atom stereocenters. The first-order valence-electron chi connectivity index (χ1n) is 2.56. The summed E-state index contributed by atoms with van der Waals surface area (Å²) in [5, 5.41) is 0. The van der Waals surface area contributed by atoms with E-state index in [4.69, 9.17) is 0 Å². The standard InChI is InChI=1S/C7H8F2/c1-2-3-4-7(9)5-6-8/h2-6H,1H3/b3-2-,6-5+,7-4+. The van der Waals surface area contributed by atoms with Gasteiger partial charge in [0.2, 0.25) is 0 Å². The summed E-state index contributed by atoms with van der Waals surface area (Å²) in [6, 6.07) is 0. The molecule has 0 spiro atoms. The van der Waals surface area contributed by atoms with Crippen molar-refractivity contribution < 1.29 is 8.78 Å². The van der Waals surface area contributed by atoms with Gasteiger partial charge in [0, 0.05) is 6.08 Å². The van der Waals surface area contributed by atoms with Crippen LogP contribution in [0, 0.1) is 0 Å². The van der Waals surface area contributed by atoms with Crippen molar-refractivity contribution in [3.8, 4) is 0 Å². The first kappa shape index (κ1) is 8.08. The maximum atomic E-state index is 12.1. The van der Waals surface area contributed by atoms with Crippen LogP contribution in [0.25, 0.3) is 0 Å². The van der Waals surface area contributed by atoms with Crippen molar-refractivity contribution in [2.45, 2.75) is 6.92 Å². The third-order valence-corrected chi connectivity index (χ3v) is 0.670. The first-order valence-corrected chi connectivity index (χ1v) is 2.56. The second kappa shape index (κ2) is 5.22. The molecule has 0 saturated heterocycles. The van der Waals surface area contributed by atoms with Gasteiger partial charge in [0.05, 0.1) is 6.33 Å². The van der Waals surface area contributed by atoms with Gasteiger partial charge in [-0.1, -0.05) is 12.2 Å². The molecule has 0 aliphatic heterocycles. The van der Waals surface area contributed by atoms with Gasteiger partial charge in [-0.2, -0.15) is 0 Å². The van der Waals surface area contributed by atoms with E-state index < -0.39 is 5.83 Å². The Morgan fingerprint density at radius 1 is 1.44 bits per heavy atom. The molecule has 0 aromatic carbocycles. The van der Waals surface area contributed by atoms with E-state index in [-0.39, 0.29) is 6.33 Å². The summed E-state index contributed by atoms with van der Waals surface area (Å²) in [6.07, 6.45) is 5.24. The van der Waals surface area contributed by atoms with Crippen molar-refractivity contribution in [3.63, 3.8) is 0 Å². The molecule has 0 aromatic rings. The second-order valence-electron chi connectivity index (χ2n) is 1.37. The van der Waals surface area contributed by atoms with Crippen molar-refractivity contribution in [1.82, 2.24) is 0 Å². The zero-order chi connectivity index (χ0) is 7.11. The maximum absolute atomic E-state index is 12.1. The summed E-state index contributed by atoms with van der Waals surface area (Å²) < 4.78 is 23.3. The number of hydrogen-bond donors (Lipinski definition) is 0. The lowest BCUT2D eigenvalue weighted by Crippen LogP contribution is -1.59. The van der Waals surface area contributed by atoms with Crippen LogP contribution in [-0.2, 0) is 0 Å². The van der Waals surface area contributed by atoms with Crippen LogP contribution in [0.3, 0.4) is 0 Å². The lowest BCUT2D eigenvalue weighted by atomic mass is 10.4. The normalized spacial score (nSPS) is 13.9. The SMILES string of the molecule is C\C=C/C=C(F)\C=C\F. The van der Waals surface area contributed by atoms with Crippen molar-refractivity contribution in [2.24, 2.45) is 0 Å². The van der Waals surface area contributed by atoms with Gasteiger partial charge in [0.15, 0.2) is 0 Å². The maximum Gasteiger partial charge on any atom is 0.125 e. The fourth-order valence-electron chi connectivity index (χ4n) is 0.304. The number of hydrogen-bond acceptors (Lipinski definition) is 0. The largest absolute Gasteiger partial charge is 0.215 e. The molecule has 50 valence electrons. The minimum atomic E-state index is -0.587. The fraction of sp³-hybridized carbons (Fsp3) is 0.143. The van der Waals surface area contributed by atoms with Crippen LogP contribution < -0.4 is 0 Å². The minimum Gasteiger partial charge on any atom is -0.215 e. The molecule has 0 radical (unpaired) electrons. The lowest BCUT2D eigenvalue weighted by molar-refractivity contribution is 0.652. The third kappa shape index (κ3) is 4.94. The molecule has 0 amide bonds. The number of halogens is 2. The molecule has 0 rings (SSSR count). The molecular formula is C7H8F2. The van der Waals surface area contributed by atoms with Gasteiger partial charge in [0.25, 0.3) is 0 Å². The smallest absolute Gasteiger partial charge is 0.125 e. The van der Waals surface area contributed by atoms with Crippen molar-refractivity contribution in [2.75, 3.05) is 0 Å². The Morgan fingerprint density at radius 3 is 2.56 bits per heavy atom. The van der Waals surface area contributed by atoms with Gasteiger partial charge < -0.3 is 0 Å². The first-order chi connectivity index (χ1) is 4.31. The van der Waals surface area contributed by atoms with E-state index in [0.717, 1.165) is 6.08 Å². The zero-order valence-corrected chi connectivity index (χ0v) is 5.14. The molecule has 0 N–H and O–H groups in total. The predicted molar refractivity (Wildman–Crippen MR) is 34.3 cm³/mol. The van der Waals surface area contributed by atoms with Crippen LogP contribution in [0.1, 0.15) is 6.92 Å². The highest BCUT2D eigenvalue weighted by Gasteiger charge is 1.80. The lowest BCUT2D eigenvalue weighted by Gasteiger charge is -1.77. The van der Waals surface area contributed by atoms with E-state index in [2.05, 4.69) is 0 Å². The van der Waals surface area contributed by atoms with E-state index >= 15 is 0 Å².